The van der Waals surface area contributed by atoms with Crippen LogP contribution in [0.15, 0.2) is 30.6 Å². The summed E-state index contributed by atoms with van der Waals surface area (Å²) in [5, 5.41) is 7.52. The highest BCUT2D eigenvalue weighted by Crippen LogP contribution is 2.07. The molecule has 6 nitrogen and oxygen atoms in total. The van der Waals surface area contributed by atoms with E-state index in [1.54, 1.807) is 31.0 Å². The molecule has 0 aliphatic heterocycles. The van der Waals surface area contributed by atoms with Gasteiger partial charge in [0.25, 0.3) is 5.91 Å². The third kappa shape index (κ3) is 3.57. The second kappa shape index (κ2) is 6.18. The van der Waals surface area contributed by atoms with Gasteiger partial charge in [-0.3, -0.25) is 9.48 Å². The first-order valence-corrected chi connectivity index (χ1v) is 6.46. The van der Waals surface area contributed by atoms with Crippen molar-refractivity contribution in [1.29, 1.82) is 0 Å². The second-order valence-electron chi connectivity index (χ2n) is 4.79. The number of aryl methyl sites for hydroxylation is 1. The van der Waals surface area contributed by atoms with Gasteiger partial charge in [-0.25, -0.2) is 4.98 Å². The van der Waals surface area contributed by atoms with Crippen molar-refractivity contribution >= 4 is 11.7 Å². The van der Waals surface area contributed by atoms with E-state index in [-0.39, 0.29) is 5.91 Å². The van der Waals surface area contributed by atoms with Gasteiger partial charge in [0.05, 0.1) is 11.3 Å². The van der Waals surface area contributed by atoms with E-state index in [9.17, 15) is 4.79 Å². The molecule has 2 heterocycles. The molecule has 0 radical (unpaired) electrons. The van der Waals surface area contributed by atoms with Gasteiger partial charge in [0.1, 0.15) is 5.82 Å². The molecule has 1 amide bonds. The van der Waals surface area contributed by atoms with Crippen molar-refractivity contribution in [2.45, 2.75) is 6.42 Å². The molecule has 0 bridgehead atoms. The highest BCUT2D eigenvalue weighted by atomic mass is 16.2. The fraction of sp³-hybridized carbons (Fsp3) is 0.357. The summed E-state index contributed by atoms with van der Waals surface area (Å²) in [7, 11) is 5.35. The maximum absolute atomic E-state index is 11.7. The van der Waals surface area contributed by atoms with E-state index in [1.807, 2.05) is 25.4 Å². The SMILES string of the molecule is CN(C)C(=O)c1ccc(NCCc2ccn(C)n2)nc1. The van der Waals surface area contributed by atoms with Gasteiger partial charge in [0, 0.05) is 46.5 Å². The van der Waals surface area contributed by atoms with Crippen molar-refractivity contribution < 1.29 is 4.79 Å². The van der Waals surface area contributed by atoms with Crippen LogP contribution >= 0.6 is 0 Å². The number of pyridine rings is 1. The van der Waals surface area contributed by atoms with Gasteiger partial charge in [-0.15, -0.1) is 0 Å². The lowest BCUT2D eigenvalue weighted by Gasteiger charge is -2.10. The Kier molecular flexibility index (Phi) is 4.34. The number of carbonyl (C=O) groups excluding carboxylic acids is 1. The zero-order chi connectivity index (χ0) is 14.5. The van der Waals surface area contributed by atoms with Crippen molar-refractivity contribution in [2.75, 3.05) is 26.0 Å². The normalized spacial score (nSPS) is 10.3. The van der Waals surface area contributed by atoms with Crippen LogP contribution < -0.4 is 5.32 Å². The van der Waals surface area contributed by atoms with E-state index in [4.69, 9.17) is 0 Å². The third-order valence-electron chi connectivity index (χ3n) is 2.87. The summed E-state index contributed by atoms with van der Waals surface area (Å²) >= 11 is 0. The van der Waals surface area contributed by atoms with E-state index in [0.717, 1.165) is 24.5 Å². The number of nitrogens with one attached hydrogen (secondary N) is 1. The third-order valence-corrected chi connectivity index (χ3v) is 2.87. The van der Waals surface area contributed by atoms with Gasteiger partial charge >= 0.3 is 0 Å². The summed E-state index contributed by atoms with van der Waals surface area (Å²) in [4.78, 5) is 17.5. The Balaban J connectivity index is 1.86. The summed E-state index contributed by atoms with van der Waals surface area (Å²) < 4.78 is 1.79. The summed E-state index contributed by atoms with van der Waals surface area (Å²) in [6.45, 7) is 0.755. The molecule has 6 heteroatoms. The lowest BCUT2D eigenvalue weighted by atomic mass is 10.2. The lowest BCUT2D eigenvalue weighted by Crippen LogP contribution is -2.21. The van der Waals surface area contributed by atoms with E-state index < -0.39 is 0 Å². The number of amides is 1. The number of anilines is 1. The molecule has 0 spiro atoms. The maximum atomic E-state index is 11.7. The first-order chi connectivity index (χ1) is 9.56. The molecule has 2 aromatic heterocycles. The van der Waals surface area contributed by atoms with Crippen LogP contribution in [-0.4, -0.2) is 46.2 Å². The highest BCUT2D eigenvalue weighted by Gasteiger charge is 2.07. The lowest BCUT2D eigenvalue weighted by molar-refractivity contribution is 0.0827. The van der Waals surface area contributed by atoms with Crippen molar-refractivity contribution in [3.05, 3.63) is 41.9 Å². The summed E-state index contributed by atoms with van der Waals surface area (Å²) in [6.07, 6.45) is 4.35. The molecule has 2 rings (SSSR count). The zero-order valence-electron chi connectivity index (χ0n) is 12.0. The molecule has 0 fully saturated rings. The van der Waals surface area contributed by atoms with Gasteiger partial charge < -0.3 is 10.2 Å². The predicted molar refractivity (Wildman–Crippen MR) is 77.7 cm³/mol. The first kappa shape index (κ1) is 14.0. The van der Waals surface area contributed by atoms with Crippen LogP contribution in [0.2, 0.25) is 0 Å². The summed E-state index contributed by atoms with van der Waals surface area (Å²) in [5.41, 5.74) is 1.63. The highest BCUT2D eigenvalue weighted by molar-refractivity contribution is 5.93. The molecule has 0 aliphatic carbocycles. The largest absolute Gasteiger partial charge is 0.370 e. The smallest absolute Gasteiger partial charge is 0.254 e. The topological polar surface area (TPSA) is 63.1 Å². The van der Waals surface area contributed by atoms with Gasteiger partial charge in [-0.1, -0.05) is 0 Å². The fourth-order valence-corrected chi connectivity index (χ4v) is 1.80. The van der Waals surface area contributed by atoms with E-state index in [0.29, 0.717) is 5.56 Å². The van der Waals surface area contributed by atoms with Crippen molar-refractivity contribution in [1.82, 2.24) is 19.7 Å². The molecule has 1 N–H and O–H groups in total. The quantitative estimate of drug-likeness (QED) is 0.888. The number of rotatable bonds is 5. The molecule has 2 aromatic rings. The van der Waals surface area contributed by atoms with Crippen LogP contribution in [-0.2, 0) is 13.5 Å². The standard InChI is InChI=1S/C14H19N5O/c1-18(2)14(20)11-4-5-13(16-10-11)15-8-6-12-7-9-19(3)17-12/h4-5,7,9-10H,6,8H2,1-3H3,(H,15,16). The molecule has 0 aliphatic rings. The average Bonchev–Trinajstić information content (AvgIpc) is 2.84. The molecule has 0 unspecified atom stereocenters. The second-order valence-corrected chi connectivity index (χ2v) is 4.79. The van der Waals surface area contributed by atoms with Gasteiger partial charge in [0.15, 0.2) is 0 Å². The number of hydrogen-bond donors (Lipinski definition) is 1. The molecule has 0 saturated carbocycles. The van der Waals surface area contributed by atoms with Gasteiger partial charge in [-0.2, -0.15) is 5.10 Å². The number of aromatic nitrogens is 3. The predicted octanol–water partition coefficient (Wildman–Crippen LogP) is 1.17. The Morgan fingerprint density at radius 3 is 2.70 bits per heavy atom. The minimum Gasteiger partial charge on any atom is -0.370 e. The minimum atomic E-state index is -0.0439. The van der Waals surface area contributed by atoms with Crippen LogP contribution in [0.3, 0.4) is 0 Å². The van der Waals surface area contributed by atoms with Crippen molar-refractivity contribution in [3.8, 4) is 0 Å². The molecular formula is C14H19N5O. The molecule has 0 aromatic carbocycles. The van der Waals surface area contributed by atoms with E-state index in [1.165, 1.54) is 4.90 Å². The summed E-state index contributed by atoms with van der Waals surface area (Å²) in [6, 6.07) is 5.58. The van der Waals surface area contributed by atoms with E-state index in [2.05, 4.69) is 15.4 Å². The number of carbonyl (C=O) groups is 1. The van der Waals surface area contributed by atoms with Gasteiger partial charge in [0.2, 0.25) is 0 Å². The van der Waals surface area contributed by atoms with Crippen LogP contribution in [0.5, 0.6) is 0 Å². The van der Waals surface area contributed by atoms with Crippen molar-refractivity contribution in [3.63, 3.8) is 0 Å². The van der Waals surface area contributed by atoms with Crippen LogP contribution in [0.4, 0.5) is 5.82 Å². The Morgan fingerprint density at radius 1 is 1.35 bits per heavy atom. The Labute approximate surface area is 118 Å². The number of hydrogen-bond acceptors (Lipinski definition) is 4. The first-order valence-electron chi connectivity index (χ1n) is 6.46. The Morgan fingerprint density at radius 2 is 2.15 bits per heavy atom. The zero-order valence-corrected chi connectivity index (χ0v) is 12.0. The van der Waals surface area contributed by atoms with Crippen LogP contribution in [0, 0.1) is 0 Å². The molecule has 20 heavy (non-hydrogen) atoms. The van der Waals surface area contributed by atoms with Crippen LogP contribution in [0.25, 0.3) is 0 Å². The Bertz CT molecular complexity index is 574. The number of nitrogens with zero attached hydrogens (tertiary/aromatic N) is 4. The van der Waals surface area contributed by atoms with Crippen LogP contribution in [0.1, 0.15) is 16.1 Å². The van der Waals surface area contributed by atoms with E-state index >= 15 is 0 Å². The average molecular weight is 273 g/mol. The van der Waals surface area contributed by atoms with Crippen molar-refractivity contribution in [2.24, 2.45) is 7.05 Å². The molecule has 0 atom stereocenters. The molecular weight excluding hydrogens is 254 g/mol. The van der Waals surface area contributed by atoms with Gasteiger partial charge in [-0.05, 0) is 18.2 Å². The fourth-order valence-electron chi connectivity index (χ4n) is 1.80. The monoisotopic (exact) mass is 273 g/mol. The summed E-state index contributed by atoms with van der Waals surface area (Å²) in [5.74, 6) is 0.716. The molecule has 106 valence electrons. The molecule has 0 saturated heterocycles. The maximum Gasteiger partial charge on any atom is 0.254 e. The Hall–Kier alpha value is -2.37. The minimum absolute atomic E-state index is 0.0439.